The molecular formula is C23H42OS. The molecule has 0 aliphatic heterocycles. The van der Waals surface area contributed by atoms with Gasteiger partial charge in [0.25, 0.3) is 0 Å². The first-order valence-electron chi connectivity index (χ1n) is 11.0. The molecule has 0 aromatic carbocycles. The third kappa shape index (κ3) is 18.5. The highest BCUT2D eigenvalue weighted by Crippen LogP contribution is 2.27. The average molecular weight is 367 g/mol. The summed E-state index contributed by atoms with van der Waals surface area (Å²) in [5.74, 6) is 9.95. The van der Waals surface area contributed by atoms with Gasteiger partial charge in [0.05, 0.1) is 12.7 Å². The molecule has 0 saturated heterocycles. The number of thioether (sulfide) groups is 1. The van der Waals surface area contributed by atoms with Crippen LogP contribution < -0.4 is 0 Å². The zero-order valence-electron chi connectivity index (χ0n) is 17.0. The molecule has 0 bridgehead atoms. The van der Waals surface area contributed by atoms with Crippen molar-refractivity contribution in [3.05, 3.63) is 0 Å². The van der Waals surface area contributed by atoms with Crippen LogP contribution in [0.2, 0.25) is 0 Å². The van der Waals surface area contributed by atoms with Crippen molar-refractivity contribution in [2.45, 2.75) is 110 Å². The summed E-state index contributed by atoms with van der Waals surface area (Å²) in [6.07, 6.45) is 19.8. The van der Waals surface area contributed by atoms with Crippen molar-refractivity contribution in [1.82, 2.24) is 0 Å². The fourth-order valence-corrected chi connectivity index (χ4v) is 3.72. The van der Waals surface area contributed by atoms with Crippen LogP contribution in [0.5, 0.6) is 0 Å². The summed E-state index contributed by atoms with van der Waals surface area (Å²) in [6.45, 7) is 5.13. The van der Waals surface area contributed by atoms with Gasteiger partial charge in [0, 0.05) is 18.1 Å². The van der Waals surface area contributed by atoms with E-state index in [0.717, 1.165) is 24.7 Å². The van der Waals surface area contributed by atoms with Gasteiger partial charge in [-0.2, -0.15) is 11.8 Å². The number of rotatable bonds is 17. The maximum Gasteiger partial charge on any atom is 0.0560 e. The van der Waals surface area contributed by atoms with Crippen LogP contribution in [0.4, 0.5) is 0 Å². The maximum atomic E-state index is 5.55. The van der Waals surface area contributed by atoms with Crippen LogP contribution in [-0.4, -0.2) is 24.2 Å². The first kappa shape index (κ1) is 22.9. The van der Waals surface area contributed by atoms with E-state index >= 15 is 0 Å². The van der Waals surface area contributed by atoms with Crippen LogP contribution in [0.3, 0.4) is 0 Å². The predicted octanol–water partition coefficient (Wildman–Crippen LogP) is 7.24. The molecule has 0 unspecified atom stereocenters. The fraction of sp³-hybridized carbons (Fsp3) is 0.913. The molecule has 146 valence electrons. The van der Waals surface area contributed by atoms with Crippen molar-refractivity contribution in [3.8, 4) is 11.8 Å². The molecule has 0 aromatic rings. The molecule has 1 aliphatic rings. The molecule has 2 heteroatoms. The van der Waals surface area contributed by atoms with E-state index in [0.29, 0.717) is 6.10 Å². The summed E-state index contributed by atoms with van der Waals surface area (Å²) in [6, 6.07) is 0. The van der Waals surface area contributed by atoms with Crippen LogP contribution in [0, 0.1) is 17.8 Å². The molecule has 1 fully saturated rings. The van der Waals surface area contributed by atoms with Gasteiger partial charge in [-0.05, 0) is 45.3 Å². The second-order valence-electron chi connectivity index (χ2n) is 7.77. The minimum absolute atomic E-state index is 0.381. The van der Waals surface area contributed by atoms with E-state index in [4.69, 9.17) is 4.74 Å². The summed E-state index contributed by atoms with van der Waals surface area (Å²) in [4.78, 5) is 0. The van der Waals surface area contributed by atoms with E-state index in [2.05, 4.69) is 37.5 Å². The van der Waals surface area contributed by atoms with Gasteiger partial charge in [0.2, 0.25) is 0 Å². The van der Waals surface area contributed by atoms with Crippen molar-refractivity contribution in [1.29, 1.82) is 0 Å². The summed E-state index contributed by atoms with van der Waals surface area (Å²) >= 11 is 2.05. The second kappa shape index (κ2) is 17.3. The third-order valence-electron chi connectivity index (χ3n) is 4.65. The lowest BCUT2D eigenvalue weighted by atomic mass is 10.1. The van der Waals surface area contributed by atoms with Gasteiger partial charge in [-0.3, -0.25) is 0 Å². The number of hydrogen-bond donors (Lipinski definition) is 0. The lowest BCUT2D eigenvalue weighted by molar-refractivity contribution is 0.0920. The molecule has 0 heterocycles. The molecule has 0 spiro atoms. The molecule has 1 nitrogen and oxygen atoms in total. The van der Waals surface area contributed by atoms with Gasteiger partial charge >= 0.3 is 0 Å². The molecule has 1 saturated carbocycles. The third-order valence-corrected chi connectivity index (χ3v) is 5.69. The largest absolute Gasteiger partial charge is 0.378 e. The average Bonchev–Trinajstić information content (AvgIpc) is 3.41. The Kier molecular flexibility index (Phi) is 15.8. The lowest BCUT2D eigenvalue weighted by Crippen LogP contribution is -2.05. The number of hydrogen-bond acceptors (Lipinski definition) is 2. The Hall–Kier alpha value is -0.130. The SMILES string of the molecule is CC(C)OCCSCCCCCCCCCCCCCC#CC1CC1. The van der Waals surface area contributed by atoms with Gasteiger partial charge in [-0.15, -0.1) is 5.92 Å². The van der Waals surface area contributed by atoms with Gasteiger partial charge in [0.15, 0.2) is 0 Å². The van der Waals surface area contributed by atoms with E-state index in [1.807, 2.05) is 0 Å². The van der Waals surface area contributed by atoms with Crippen molar-refractivity contribution in [2.24, 2.45) is 5.92 Å². The maximum absolute atomic E-state index is 5.55. The fourth-order valence-electron chi connectivity index (χ4n) is 2.90. The number of ether oxygens (including phenoxy) is 1. The molecule has 0 N–H and O–H groups in total. The first-order valence-corrected chi connectivity index (χ1v) is 12.1. The summed E-state index contributed by atoms with van der Waals surface area (Å²) in [5, 5.41) is 0. The second-order valence-corrected chi connectivity index (χ2v) is 8.99. The van der Waals surface area contributed by atoms with Crippen LogP contribution >= 0.6 is 11.8 Å². The van der Waals surface area contributed by atoms with Gasteiger partial charge in [0.1, 0.15) is 0 Å². The van der Waals surface area contributed by atoms with Crippen molar-refractivity contribution < 1.29 is 4.74 Å². The van der Waals surface area contributed by atoms with Crippen molar-refractivity contribution in [3.63, 3.8) is 0 Å². The van der Waals surface area contributed by atoms with Crippen molar-refractivity contribution in [2.75, 3.05) is 18.1 Å². The summed E-state index contributed by atoms with van der Waals surface area (Å²) < 4.78 is 5.55. The standard InChI is InChI=1S/C23H42OS/c1-22(2)24-19-21-25-20-15-13-11-9-7-5-3-4-6-8-10-12-14-16-23-17-18-23/h22-23H,3-13,15,17-21H2,1-2H3. The minimum atomic E-state index is 0.381. The highest BCUT2D eigenvalue weighted by atomic mass is 32.2. The Balaban J connectivity index is 1.63. The molecular weight excluding hydrogens is 324 g/mol. The van der Waals surface area contributed by atoms with Gasteiger partial charge in [-0.25, -0.2) is 0 Å². The monoisotopic (exact) mass is 366 g/mol. The molecule has 0 amide bonds. The van der Waals surface area contributed by atoms with E-state index in [1.54, 1.807) is 0 Å². The highest BCUT2D eigenvalue weighted by molar-refractivity contribution is 7.99. The van der Waals surface area contributed by atoms with E-state index in [1.165, 1.54) is 89.2 Å². The number of unbranched alkanes of at least 4 members (excludes halogenated alkanes) is 11. The minimum Gasteiger partial charge on any atom is -0.378 e. The van der Waals surface area contributed by atoms with E-state index in [-0.39, 0.29) is 0 Å². The van der Waals surface area contributed by atoms with Crippen LogP contribution in [0.25, 0.3) is 0 Å². The zero-order valence-corrected chi connectivity index (χ0v) is 17.8. The summed E-state index contributed by atoms with van der Waals surface area (Å²) in [5.41, 5.74) is 0. The Labute approximate surface area is 162 Å². The van der Waals surface area contributed by atoms with E-state index in [9.17, 15) is 0 Å². The smallest absolute Gasteiger partial charge is 0.0560 e. The molecule has 0 aromatic heterocycles. The Morgan fingerprint density at radius 1 is 0.800 bits per heavy atom. The topological polar surface area (TPSA) is 9.23 Å². The first-order chi connectivity index (χ1) is 12.3. The molecule has 0 radical (unpaired) electrons. The van der Waals surface area contributed by atoms with Gasteiger partial charge < -0.3 is 4.74 Å². The Bertz CT molecular complexity index is 338. The van der Waals surface area contributed by atoms with Gasteiger partial charge in [-0.1, -0.05) is 63.7 Å². The van der Waals surface area contributed by atoms with Crippen LogP contribution in [-0.2, 0) is 4.74 Å². The van der Waals surface area contributed by atoms with Crippen LogP contribution in [0.1, 0.15) is 104 Å². The van der Waals surface area contributed by atoms with Crippen LogP contribution in [0.15, 0.2) is 0 Å². The summed E-state index contributed by atoms with van der Waals surface area (Å²) in [7, 11) is 0. The molecule has 25 heavy (non-hydrogen) atoms. The normalized spacial score (nSPS) is 13.9. The zero-order chi connectivity index (χ0) is 18.0. The van der Waals surface area contributed by atoms with E-state index < -0.39 is 0 Å². The molecule has 1 rings (SSSR count). The Morgan fingerprint density at radius 3 is 1.92 bits per heavy atom. The quantitative estimate of drug-likeness (QED) is 0.198. The predicted molar refractivity (Wildman–Crippen MR) is 114 cm³/mol. The lowest BCUT2D eigenvalue weighted by Gasteiger charge is -2.06. The molecule has 1 aliphatic carbocycles. The highest BCUT2D eigenvalue weighted by Gasteiger charge is 2.17. The Morgan fingerprint density at radius 2 is 1.36 bits per heavy atom. The van der Waals surface area contributed by atoms with Crippen molar-refractivity contribution >= 4 is 11.8 Å². The molecule has 0 atom stereocenters.